The quantitative estimate of drug-likeness (QED) is 0.439. The van der Waals surface area contributed by atoms with Gasteiger partial charge in [-0.3, -0.25) is 0 Å². The minimum Gasteiger partial charge on any atom is -0.337 e. The Morgan fingerprint density at radius 3 is 2.67 bits per heavy atom. The van der Waals surface area contributed by atoms with Crippen molar-refractivity contribution in [2.45, 2.75) is 27.3 Å². The third-order valence-electron chi connectivity index (χ3n) is 5.30. The lowest BCUT2D eigenvalue weighted by molar-refractivity contribution is 0.364. The molecule has 33 heavy (non-hydrogen) atoms. The summed E-state index contributed by atoms with van der Waals surface area (Å²) in [5.74, 6) is 0.363. The van der Waals surface area contributed by atoms with Gasteiger partial charge in [0.05, 0.1) is 0 Å². The predicted octanol–water partition coefficient (Wildman–Crippen LogP) is 3.80. The summed E-state index contributed by atoms with van der Waals surface area (Å²) in [6, 6.07) is 13.5. The highest BCUT2D eigenvalue weighted by molar-refractivity contribution is 5.59. The minimum atomic E-state index is -0.408. The molecular formula is C23H20FN7O2. The number of benzene rings is 2. The fourth-order valence-electron chi connectivity index (χ4n) is 3.48. The zero-order chi connectivity index (χ0) is 23.1. The van der Waals surface area contributed by atoms with Crippen LogP contribution in [0.4, 0.5) is 16.0 Å². The summed E-state index contributed by atoms with van der Waals surface area (Å²) in [6.45, 7) is 5.85. The number of hydrogen-bond acceptors (Lipinski definition) is 7. The number of aromatic nitrogens is 6. The number of nitrogens with zero attached hydrogens (tertiary/aromatic N) is 6. The van der Waals surface area contributed by atoms with E-state index in [-0.39, 0.29) is 18.3 Å². The average Bonchev–Trinajstić information content (AvgIpc) is 3.36. The van der Waals surface area contributed by atoms with E-state index in [1.165, 1.54) is 26.8 Å². The minimum absolute atomic E-state index is 0.0367. The lowest BCUT2D eigenvalue weighted by atomic mass is 10.1. The second-order valence-corrected chi connectivity index (χ2v) is 7.80. The molecule has 0 aliphatic heterocycles. The summed E-state index contributed by atoms with van der Waals surface area (Å²) in [6.07, 6.45) is 0. The molecule has 3 aromatic heterocycles. The lowest BCUT2D eigenvalue weighted by Gasteiger charge is -2.09. The summed E-state index contributed by atoms with van der Waals surface area (Å²) < 4.78 is 21.4. The van der Waals surface area contributed by atoms with Crippen molar-refractivity contribution in [3.8, 4) is 11.4 Å². The summed E-state index contributed by atoms with van der Waals surface area (Å²) in [7, 11) is 0. The summed E-state index contributed by atoms with van der Waals surface area (Å²) in [4.78, 5) is 21.9. The molecule has 0 unspecified atom stereocenters. The molecule has 0 amide bonds. The first-order valence-electron chi connectivity index (χ1n) is 10.3. The van der Waals surface area contributed by atoms with Gasteiger partial charge in [-0.1, -0.05) is 23.4 Å². The van der Waals surface area contributed by atoms with Crippen molar-refractivity contribution >= 4 is 17.3 Å². The third-order valence-corrected chi connectivity index (χ3v) is 5.30. The van der Waals surface area contributed by atoms with Crippen LogP contribution in [0.25, 0.3) is 17.0 Å². The molecule has 0 radical (unpaired) electrons. The number of hydrogen-bond donors (Lipinski definition) is 1. The maximum atomic E-state index is 13.5. The summed E-state index contributed by atoms with van der Waals surface area (Å²) >= 11 is 0. The van der Waals surface area contributed by atoms with Crippen LogP contribution in [0.1, 0.15) is 22.7 Å². The highest BCUT2D eigenvalue weighted by Gasteiger charge is 2.17. The van der Waals surface area contributed by atoms with Crippen LogP contribution in [-0.2, 0) is 6.54 Å². The molecule has 5 rings (SSSR count). The fourth-order valence-corrected chi connectivity index (χ4v) is 3.48. The van der Waals surface area contributed by atoms with Crippen LogP contribution in [0, 0.1) is 26.6 Å². The number of aryl methyl sites for hydroxylation is 3. The number of nitrogens with one attached hydrogen (secondary N) is 1. The first-order chi connectivity index (χ1) is 15.9. The molecule has 10 heteroatoms. The molecule has 2 aromatic carbocycles. The van der Waals surface area contributed by atoms with Crippen molar-refractivity contribution in [3.63, 3.8) is 0 Å². The van der Waals surface area contributed by atoms with Gasteiger partial charge in [0.2, 0.25) is 17.7 Å². The van der Waals surface area contributed by atoms with Crippen molar-refractivity contribution in [1.29, 1.82) is 0 Å². The van der Waals surface area contributed by atoms with Gasteiger partial charge in [0.25, 0.3) is 0 Å². The van der Waals surface area contributed by atoms with E-state index in [0.717, 1.165) is 11.3 Å². The zero-order valence-electron chi connectivity index (χ0n) is 18.2. The monoisotopic (exact) mass is 445 g/mol. The molecule has 0 saturated heterocycles. The second-order valence-electron chi connectivity index (χ2n) is 7.80. The van der Waals surface area contributed by atoms with Crippen LogP contribution in [0.5, 0.6) is 0 Å². The lowest BCUT2D eigenvalue weighted by Crippen LogP contribution is -2.23. The Balaban J connectivity index is 1.49. The van der Waals surface area contributed by atoms with Gasteiger partial charge in [0.1, 0.15) is 12.4 Å². The number of fused-ring (bicyclic) bond motifs is 1. The first kappa shape index (κ1) is 20.6. The van der Waals surface area contributed by atoms with E-state index in [1.807, 2.05) is 39.0 Å². The van der Waals surface area contributed by atoms with Crippen LogP contribution in [0.3, 0.4) is 0 Å². The maximum Gasteiger partial charge on any atom is 0.353 e. The smallest absolute Gasteiger partial charge is 0.337 e. The molecule has 9 nitrogen and oxygen atoms in total. The van der Waals surface area contributed by atoms with E-state index in [4.69, 9.17) is 4.52 Å². The van der Waals surface area contributed by atoms with E-state index in [1.54, 1.807) is 18.2 Å². The topological polar surface area (TPSA) is 103 Å². The van der Waals surface area contributed by atoms with E-state index in [0.29, 0.717) is 22.9 Å². The van der Waals surface area contributed by atoms with Crippen molar-refractivity contribution < 1.29 is 8.91 Å². The highest BCUT2D eigenvalue weighted by Crippen LogP contribution is 2.20. The van der Waals surface area contributed by atoms with Crippen LogP contribution < -0.4 is 11.0 Å². The van der Waals surface area contributed by atoms with Crippen LogP contribution >= 0.6 is 0 Å². The van der Waals surface area contributed by atoms with Crippen LogP contribution in [-0.4, -0.2) is 29.3 Å². The third kappa shape index (κ3) is 3.98. The Kier molecular flexibility index (Phi) is 4.97. The van der Waals surface area contributed by atoms with Gasteiger partial charge in [0.15, 0.2) is 5.65 Å². The highest BCUT2D eigenvalue weighted by atomic mass is 19.1. The van der Waals surface area contributed by atoms with Gasteiger partial charge < -0.3 is 9.84 Å². The molecule has 166 valence electrons. The van der Waals surface area contributed by atoms with Crippen molar-refractivity contribution in [3.05, 3.63) is 87.5 Å². The SMILES string of the molecule is Cc1cc2nn(Cc3nc(-c4cccc(F)c4)no3)c(=O)n2c(Nc2ccc(C)c(C)c2)n1. The van der Waals surface area contributed by atoms with Crippen molar-refractivity contribution in [1.82, 2.24) is 29.3 Å². The zero-order valence-corrected chi connectivity index (χ0v) is 18.2. The Labute approximate surface area is 187 Å². The average molecular weight is 445 g/mol. The Morgan fingerprint density at radius 1 is 1.03 bits per heavy atom. The summed E-state index contributed by atoms with van der Waals surface area (Å²) in [5.41, 5.74) is 4.32. The molecule has 5 aromatic rings. The number of anilines is 2. The van der Waals surface area contributed by atoms with Gasteiger partial charge in [-0.15, -0.1) is 5.10 Å². The van der Waals surface area contributed by atoms with Crippen molar-refractivity contribution in [2.75, 3.05) is 5.32 Å². The molecule has 3 heterocycles. The first-order valence-corrected chi connectivity index (χ1v) is 10.3. The Morgan fingerprint density at radius 2 is 1.88 bits per heavy atom. The number of halogens is 1. The van der Waals surface area contributed by atoms with E-state index < -0.39 is 11.5 Å². The molecule has 0 aliphatic carbocycles. The number of rotatable bonds is 5. The van der Waals surface area contributed by atoms with E-state index in [9.17, 15) is 9.18 Å². The predicted molar refractivity (Wildman–Crippen MR) is 120 cm³/mol. The Bertz CT molecular complexity index is 1550. The second kappa shape index (κ2) is 7.97. The maximum absolute atomic E-state index is 13.5. The normalized spacial score (nSPS) is 11.3. The largest absolute Gasteiger partial charge is 0.353 e. The van der Waals surface area contributed by atoms with Crippen molar-refractivity contribution in [2.24, 2.45) is 0 Å². The molecule has 0 bridgehead atoms. The van der Waals surface area contributed by atoms with Gasteiger partial charge >= 0.3 is 5.69 Å². The van der Waals surface area contributed by atoms with Crippen LogP contribution in [0.2, 0.25) is 0 Å². The van der Waals surface area contributed by atoms with Gasteiger partial charge in [-0.05, 0) is 56.2 Å². The molecule has 1 N–H and O–H groups in total. The molecule has 0 atom stereocenters. The Hall–Kier alpha value is -4.34. The molecule has 0 spiro atoms. The van der Waals surface area contributed by atoms with E-state index in [2.05, 4.69) is 25.5 Å². The van der Waals surface area contributed by atoms with Gasteiger partial charge in [-0.25, -0.2) is 23.3 Å². The fraction of sp³-hybridized carbons (Fsp3) is 0.174. The molecule has 0 aliphatic rings. The molecular weight excluding hydrogens is 425 g/mol. The van der Waals surface area contributed by atoms with E-state index >= 15 is 0 Å². The molecule has 0 saturated carbocycles. The summed E-state index contributed by atoms with van der Waals surface area (Å²) in [5, 5.41) is 11.5. The van der Waals surface area contributed by atoms with Gasteiger partial charge in [0, 0.05) is 23.0 Å². The van der Waals surface area contributed by atoms with Crippen LogP contribution in [0.15, 0.2) is 57.8 Å². The standard InChI is InChI=1S/C23H20FN7O2/c1-13-7-8-18(9-14(13)2)26-22-25-15(3)10-19-28-30(23(32)31(19)22)12-20-27-21(29-33-20)16-5-4-6-17(24)11-16/h4-11H,12H2,1-3H3,(H,25,26). The molecule has 0 fully saturated rings. The van der Waals surface area contributed by atoms with Gasteiger partial charge in [-0.2, -0.15) is 4.98 Å².